The van der Waals surface area contributed by atoms with Gasteiger partial charge in [0.15, 0.2) is 0 Å². The molecule has 0 saturated carbocycles. The first-order valence-corrected chi connectivity index (χ1v) is 9.53. The maximum Gasteiger partial charge on any atom is 0.449 e. The summed E-state index contributed by atoms with van der Waals surface area (Å²) >= 11 is 0. The van der Waals surface area contributed by atoms with Gasteiger partial charge in [0.1, 0.15) is 17.9 Å². The number of nitrogens with zero attached hydrogens (tertiary/aromatic N) is 3. The molecule has 2 aliphatic rings. The van der Waals surface area contributed by atoms with Gasteiger partial charge in [-0.05, 0) is 31.1 Å². The molecule has 0 bridgehead atoms. The quantitative estimate of drug-likeness (QED) is 0.841. The summed E-state index contributed by atoms with van der Waals surface area (Å²) in [5.74, 6) is -0.624. The highest BCUT2D eigenvalue weighted by atomic mass is 19.4. The number of aromatic nitrogens is 2. The number of alkyl halides is 3. The molecule has 1 aliphatic carbocycles. The molecule has 1 aromatic carbocycles. The third kappa shape index (κ3) is 4.16. The van der Waals surface area contributed by atoms with Crippen LogP contribution >= 0.6 is 0 Å². The van der Waals surface area contributed by atoms with Crippen LogP contribution in [-0.4, -0.2) is 59.1 Å². The van der Waals surface area contributed by atoms with E-state index in [1.165, 1.54) is 5.70 Å². The van der Waals surface area contributed by atoms with Crippen LogP contribution in [0.25, 0.3) is 11.0 Å². The van der Waals surface area contributed by atoms with Crippen molar-refractivity contribution in [2.24, 2.45) is 0 Å². The fourth-order valence-corrected chi connectivity index (χ4v) is 3.61. The fourth-order valence-electron chi connectivity index (χ4n) is 3.61. The van der Waals surface area contributed by atoms with E-state index in [2.05, 4.69) is 38.0 Å². The Kier molecular flexibility index (Phi) is 5.30. The van der Waals surface area contributed by atoms with Crippen molar-refractivity contribution in [3.8, 4) is 5.75 Å². The minimum atomic E-state index is -4.50. The number of para-hydroxylation sites is 1. The smallest absolute Gasteiger partial charge is 0.449 e. The molecule has 0 radical (unpaired) electrons. The SMILES string of the molecule is FC(F)(F)c1nc2c(OCCN3CCN(C4=CCCC=C4)CC3)cccc2[nH]1. The number of fused-ring (bicyclic) bond motifs is 1. The molecule has 0 unspecified atom stereocenters. The van der Waals surface area contributed by atoms with Crippen LogP contribution in [0.4, 0.5) is 13.2 Å². The lowest BCUT2D eigenvalue weighted by atomic mass is 10.1. The molecule has 28 heavy (non-hydrogen) atoms. The van der Waals surface area contributed by atoms with Crippen LogP contribution in [-0.2, 0) is 6.18 Å². The van der Waals surface area contributed by atoms with Crippen LogP contribution in [0.3, 0.4) is 0 Å². The van der Waals surface area contributed by atoms with Crippen molar-refractivity contribution in [1.29, 1.82) is 0 Å². The Morgan fingerprint density at radius 2 is 1.93 bits per heavy atom. The minimum absolute atomic E-state index is 0.218. The van der Waals surface area contributed by atoms with Crippen LogP contribution < -0.4 is 4.74 Å². The second-order valence-corrected chi connectivity index (χ2v) is 7.02. The van der Waals surface area contributed by atoms with Crippen molar-refractivity contribution in [2.45, 2.75) is 19.0 Å². The average molecular weight is 392 g/mol. The molecule has 1 N–H and O–H groups in total. The van der Waals surface area contributed by atoms with Gasteiger partial charge in [-0.25, -0.2) is 4.98 Å². The molecule has 4 rings (SSSR count). The van der Waals surface area contributed by atoms with Gasteiger partial charge in [0.25, 0.3) is 0 Å². The second-order valence-electron chi connectivity index (χ2n) is 7.02. The zero-order valence-corrected chi connectivity index (χ0v) is 15.5. The normalized spacial score (nSPS) is 18.5. The predicted octanol–water partition coefficient (Wildman–Crippen LogP) is 3.81. The zero-order valence-electron chi connectivity index (χ0n) is 15.5. The van der Waals surface area contributed by atoms with Gasteiger partial charge < -0.3 is 14.6 Å². The molecule has 0 spiro atoms. The number of nitrogens with one attached hydrogen (secondary N) is 1. The van der Waals surface area contributed by atoms with E-state index in [0.29, 0.717) is 17.9 Å². The minimum Gasteiger partial charge on any atom is -0.490 e. The van der Waals surface area contributed by atoms with Gasteiger partial charge in [-0.1, -0.05) is 18.2 Å². The van der Waals surface area contributed by atoms with Crippen LogP contribution in [0.2, 0.25) is 0 Å². The maximum absolute atomic E-state index is 12.9. The molecule has 0 amide bonds. The number of aromatic amines is 1. The Bertz CT molecular complexity index is 879. The first-order valence-electron chi connectivity index (χ1n) is 9.53. The Morgan fingerprint density at radius 3 is 2.64 bits per heavy atom. The molecule has 5 nitrogen and oxygen atoms in total. The van der Waals surface area contributed by atoms with E-state index in [1.807, 2.05) is 0 Å². The summed E-state index contributed by atoms with van der Waals surface area (Å²) in [4.78, 5) is 10.7. The van der Waals surface area contributed by atoms with E-state index >= 15 is 0 Å². The number of hydrogen-bond acceptors (Lipinski definition) is 4. The van der Waals surface area contributed by atoms with Gasteiger partial charge in [-0.15, -0.1) is 0 Å². The van der Waals surface area contributed by atoms with Gasteiger partial charge in [-0.2, -0.15) is 13.2 Å². The third-order valence-electron chi connectivity index (χ3n) is 5.12. The highest BCUT2D eigenvalue weighted by molar-refractivity contribution is 5.81. The number of halogens is 3. The van der Waals surface area contributed by atoms with Crippen molar-refractivity contribution >= 4 is 11.0 Å². The molecular weight excluding hydrogens is 369 g/mol. The fraction of sp³-hybridized carbons (Fsp3) is 0.450. The summed E-state index contributed by atoms with van der Waals surface area (Å²) in [6.45, 7) is 4.98. The number of hydrogen-bond donors (Lipinski definition) is 1. The van der Waals surface area contributed by atoms with Gasteiger partial charge in [0.2, 0.25) is 5.82 Å². The second kappa shape index (κ2) is 7.87. The first kappa shape index (κ1) is 18.9. The number of piperazine rings is 1. The third-order valence-corrected chi connectivity index (χ3v) is 5.12. The highest BCUT2D eigenvalue weighted by Gasteiger charge is 2.35. The average Bonchev–Trinajstić information content (AvgIpc) is 3.15. The Hall–Kier alpha value is -2.48. The molecule has 2 heterocycles. The Balaban J connectivity index is 1.30. The van der Waals surface area contributed by atoms with Crippen LogP contribution in [0, 0.1) is 0 Å². The van der Waals surface area contributed by atoms with E-state index in [0.717, 1.165) is 45.6 Å². The monoisotopic (exact) mass is 392 g/mol. The van der Waals surface area contributed by atoms with Gasteiger partial charge in [0, 0.05) is 38.4 Å². The molecule has 1 saturated heterocycles. The van der Waals surface area contributed by atoms with E-state index in [4.69, 9.17) is 4.74 Å². The number of H-pyrrole nitrogens is 1. The summed E-state index contributed by atoms with van der Waals surface area (Å²) in [5.41, 5.74) is 1.86. The highest BCUT2D eigenvalue weighted by Crippen LogP contribution is 2.31. The lowest BCUT2D eigenvalue weighted by Gasteiger charge is -2.37. The topological polar surface area (TPSA) is 44.4 Å². The van der Waals surface area contributed by atoms with Crippen molar-refractivity contribution < 1.29 is 17.9 Å². The summed E-state index contributed by atoms with van der Waals surface area (Å²) in [6, 6.07) is 4.89. The van der Waals surface area contributed by atoms with Crippen LogP contribution in [0.15, 0.2) is 42.1 Å². The molecule has 150 valence electrons. The van der Waals surface area contributed by atoms with E-state index in [1.54, 1.807) is 18.2 Å². The first-order chi connectivity index (χ1) is 13.5. The Morgan fingerprint density at radius 1 is 1.11 bits per heavy atom. The lowest BCUT2D eigenvalue weighted by molar-refractivity contribution is -0.144. The number of imidazole rings is 1. The molecule has 1 aromatic heterocycles. The molecule has 1 aliphatic heterocycles. The van der Waals surface area contributed by atoms with E-state index < -0.39 is 12.0 Å². The predicted molar refractivity (Wildman–Crippen MR) is 101 cm³/mol. The van der Waals surface area contributed by atoms with E-state index in [9.17, 15) is 13.2 Å². The number of allylic oxidation sites excluding steroid dienone is 3. The summed E-state index contributed by atoms with van der Waals surface area (Å²) in [5, 5.41) is 0. The molecular formula is C20H23F3N4O. The van der Waals surface area contributed by atoms with Crippen molar-refractivity contribution in [1.82, 2.24) is 19.8 Å². The number of ether oxygens (including phenoxy) is 1. The van der Waals surface area contributed by atoms with Crippen molar-refractivity contribution in [3.05, 3.63) is 47.9 Å². The zero-order chi connectivity index (χ0) is 19.6. The van der Waals surface area contributed by atoms with Crippen molar-refractivity contribution in [3.63, 3.8) is 0 Å². The maximum atomic E-state index is 12.9. The lowest BCUT2D eigenvalue weighted by Crippen LogP contribution is -2.46. The summed E-state index contributed by atoms with van der Waals surface area (Å²) in [7, 11) is 0. The molecule has 1 fully saturated rings. The Labute approximate surface area is 161 Å². The molecule has 2 aromatic rings. The standard InChI is InChI=1S/C20H23F3N4O/c21-20(22,23)19-24-16-7-4-8-17(18(16)25-19)28-14-13-26-9-11-27(12-10-26)15-5-2-1-3-6-15/h2,4-8H,1,3,9-14H2,(H,24,25). The number of rotatable bonds is 5. The van der Waals surface area contributed by atoms with Gasteiger partial charge >= 0.3 is 6.18 Å². The molecule has 8 heteroatoms. The summed E-state index contributed by atoms with van der Waals surface area (Å²) < 4.78 is 44.4. The summed E-state index contributed by atoms with van der Waals surface area (Å²) in [6.07, 6.45) is 4.43. The largest absolute Gasteiger partial charge is 0.490 e. The van der Waals surface area contributed by atoms with Crippen molar-refractivity contribution in [2.75, 3.05) is 39.3 Å². The van der Waals surface area contributed by atoms with E-state index in [-0.39, 0.29) is 5.52 Å². The van der Waals surface area contributed by atoms with Gasteiger partial charge in [-0.3, -0.25) is 4.90 Å². The number of benzene rings is 1. The van der Waals surface area contributed by atoms with Gasteiger partial charge in [0.05, 0.1) is 5.52 Å². The van der Waals surface area contributed by atoms with Crippen LogP contribution in [0.5, 0.6) is 5.75 Å². The van der Waals surface area contributed by atoms with Crippen LogP contribution in [0.1, 0.15) is 18.7 Å². The molecule has 0 atom stereocenters.